The van der Waals surface area contributed by atoms with Crippen molar-refractivity contribution < 1.29 is 27.3 Å². The molecule has 1 aromatic heterocycles. The molecule has 11 heteroatoms. The van der Waals surface area contributed by atoms with Gasteiger partial charge in [0.2, 0.25) is 15.9 Å². The molecule has 3 aromatic rings. The number of nitrogens with one attached hydrogen (secondary N) is 1. The summed E-state index contributed by atoms with van der Waals surface area (Å²) >= 11 is 0. The van der Waals surface area contributed by atoms with Gasteiger partial charge in [-0.2, -0.15) is 4.31 Å². The number of hydrogen-bond acceptors (Lipinski definition) is 8. The zero-order valence-corrected chi connectivity index (χ0v) is 17.9. The van der Waals surface area contributed by atoms with Gasteiger partial charge in [-0.05, 0) is 47.4 Å². The molecule has 1 aliphatic heterocycles. The Morgan fingerprint density at radius 3 is 2.74 bits per heavy atom. The van der Waals surface area contributed by atoms with Gasteiger partial charge in [0.25, 0.3) is 0 Å². The summed E-state index contributed by atoms with van der Waals surface area (Å²) in [6.45, 7) is 0.396. The number of ether oxygens (including phenoxy) is 2. The van der Waals surface area contributed by atoms with Crippen LogP contribution >= 0.6 is 0 Å². The third kappa shape index (κ3) is 4.06. The Bertz CT molecular complexity index is 1210. The molecule has 1 amide bonds. The Morgan fingerprint density at radius 1 is 1.16 bits per heavy atom. The molecule has 1 fully saturated rings. The van der Waals surface area contributed by atoms with E-state index in [0.29, 0.717) is 42.1 Å². The lowest BCUT2D eigenvalue weighted by Gasteiger charge is -2.31. The van der Waals surface area contributed by atoms with E-state index in [2.05, 4.69) is 20.3 Å². The van der Waals surface area contributed by atoms with Crippen molar-refractivity contribution in [2.75, 3.05) is 32.6 Å². The van der Waals surface area contributed by atoms with Crippen molar-refractivity contribution >= 4 is 32.7 Å². The number of hydrogen-bond donors (Lipinski definition) is 1. The normalized spacial score (nSPS) is 17.4. The number of fused-ring (bicyclic) bond motifs is 1. The molecule has 4 rings (SSSR count). The number of rotatable bonds is 6. The molecule has 0 spiro atoms. The number of carbonyl (C=O) groups excluding carboxylic acids is 1. The second kappa shape index (κ2) is 8.52. The Balaban J connectivity index is 1.52. The molecule has 0 bridgehead atoms. The van der Waals surface area contributed by atoms with Crippen molar-refractivity contribution in [3.8, 4) is 11.5 Å². The third-order valence-electron chi connectivity index (χ3n) is 5.27. The summed E-state index contributed by atoms with van der Waals surface area (Å²) in [5.74, 6) is 0.286. The molecule has 0 radical (unpaired) electrons. The summed E-state index contributed by atoms with van der Waals surface area (Å²) in [6, 6.07) is 9.74. The number of piperidine rings is 1. The van der Waals surface area contributed by atoms with Gasteiger partial charge in [-0.3, -0.25) is 4.79 Å². The fourth-order valence-corrected chi connectivity index (χ4v) is 5.32. The van der Waals surface area contributed by atoms with Gasteiger partial charge in [0.05, 0.1) is 20.1 Å². The molecular formula is C20H22N4O6S. The van der Waals surface area contributed by atoms with E-state index >= 15 is 0 Å². The number of nitrogens with zero attached hydrogens (tertiary/aromatic N) is 3. The Morgan fingerprint density at radius 2 is 1.97 bits per heavy atom. The van der Waals surface area contributed by atoms with Crippen LogP contribution in [0, 0.1) is 5.92 Å². The van der Waals surface area contributed by atoms with Crippen molar-refractivity contribution in [2.24, 2.45) is 5.92 Å². The minimum atomic E-state index is -3.86. The van der Waals surface area contributed by atoms with Crippen LogP contribution in [0.15, 0.2) is 45.9 Å². The van der Waals surface area contributed by atoms with Crippen LogP contribution in [-0.2, 0) is 14.8 Å². The first-order valence-corrected chi connectivity index (χ1v) is 11.1. The topological polar surface area (TPSA) is 124 Å². The lowest BCUT2D eigenvalue weighted by atomic mass is 9.98. The average Bonchev–Trinajstić information content (AvgIpc) is 3.28. The number of aromatic nitrogens is 2. The molecule has 1 N–H and O–H groups in total. The maximum atomic E-state index is 13.2. The highest BCUT2D eigenvalue weighted by molar-refractivity contribution is 7.89. The first kappa shape index (κ1) is 21.1. The van der Waals surface area contributed by atoms with Crippen LogP contribution in [0.4, 0.5) is 5.69 Å². The van der Waals surface area contributed by atoms with Crippen molar-refractivity contribution in [3.05, 3.63) is 36.4 Å². The minimum absolute atomic E-state index is 0.0206. The van der Waals surface area contributed by atoms with Gasteiger partial charge in [-0.1, -0.05) is 6.07 Å². The van der Waals surface area contributed by atoms with Gasteiger partial charge in [-0.15, -0.1) is 0 Å². The third-order valence-corrected chi connectivity index (χ3v) is 7.17. The lowest BCUT2D eigenvalue weighted by Crippen LogP contribution is -2.43. The van der Waals surface area contributed by atoms with Gasteiger partial charge in [0.15, 0.2) is 17.0 Å². The molecule has 1 atom stereocenters. The quantitative estimate of drug-likeness (QED) is 0.612. The number of methoxy groups -OCH3 is 2. The molecule has 0 unspecified atom stereocenters. The average molecular weight is 446 g/mol. The van der Waals surface area contributed by atoms with Crippen molar-refractivity contribution in [3.63, 3.8) is 0 Å². The van der Waals surface area contributed by atoms with Crippen LogP contribution in [0.25, 0.3) is 11.0 Å². The Kier molecular flexibility index (Phi) is 5.79. The molecule has 1 aliphatic rings. The summed E-state index contributed by atoms with van der Waals surface area (Å²) in [4.78, 5) is 12.9. The van der Waals surface area contributed by atoms with E-state index < -0.39 is 15.9 Å². The van der Waals surface area contributed by atoms with Crippen LogP contribution in [0.2, 0.25) is 0 Å². The maximum absolute atomic E-state index is 13.2. The van der Waals surface area contributed by atoms with Gasteiger partial charge in [0.1, 0.15) is 10.4 Å². The zero-order chi connectivity index (χ0) is 22.0. The van der Waals surface area contributed by atoms with Crippen molar-refractivity contribution in [1.29, 1.82) is 0 Å². The van der Waals surface area contributed by atoms with Gasteiger partial charge >= 0.3 is 0 Å². The fraction of sp³-hybridized carbons (Fsp3) is 0.350. The lowest BCUT2D eigenvalue weighted by molar-refractivity contribution is -0.120. The van der Waals surface area contributed by atoms with E-state index in [-0.39, 0.29) is 22.9 Å². The number of benzene rings is 2. The van der Waals surface area contributed by atoms with Crippen molar-refractivity contribution in [2.45, 2.75) is 17.7 Å². The highest BCUT2D eigenvalue weighted by Gasteiger charge is 2.35. The molecule has 2 aromatic carbocycles. The van der Waals surface area contributed by atoms with E-state index in [9.17, 15) is 13.2 Å². The van der Waals surface area contributed by atoms with Gasteiger partial charge in [-0.25, -0.2) is 13.0 Å². The smallest absolute Gasteiger partial charge is 0.245 e. The van der Waals surface area contributed by atoms with E-state index in [1.807, 2.05) is 0 Å². The molecule has 31 heavy (non-hydrogen) atoms. The zero-order valence-electron chi connectivity index (χ0n) is 17.1. The highest BCUT2D eigenvalue weighted by Crippen LogP contribution is 2.31. The number of carbonyl (C=O) groups is 1. The summed E-state index contributed by atoms with van der Waals surface area (Å²) in [7, 11) is -0.821. The molecule has 0 saturated carbocycles. The van der Waals surface area contributed by atoms with Gasteiger partial charge in [0, 0.05) is 24.8 Å². The number of sulfonamides is 1. The van der Waals surface area contributed by atoms with Gasteiger partial charge < -0.3 is 14.8 Å². The summed E-state index contributed by atoms with van der Waals surface area (Å²) in [5.41, 5.74) is 1.08. The second-order valence-corrected chi connectivity index (χ2v) is 9.06. The van der Waals surface area contributed by atoms with Crippen LogP contribution < -0.4 is 14.8 Å². The predicted octanol–water partition coefficient (Wildman–Crippen LogP) is 2.28. The Labute approximate surface area is 179 Å². The second-order valence-electron chi connectivity index (χ2n) is 7.15. The molecule has 1 saturated heterocycles. The Hall–Kier alpha value is -3.18. The molecular weight excluding hydrogens is 424 g/mol. The van der Waals surface area contributed by atoms with E-state index in [4.69, 9.17) is 9.47 Å². The standard InChI is InChI=1S/C20H22N4O6S/c1-28-16-9-8-14(11-17(16)29-2)21-20(25)13-5-4-10-24(12-13)31(26,27)18-7-3-6-15-19(18)23-30-22-15/h3,6-9,11,13H,4-5,10,12H2,1-2H3,(H,21,25)/t13-/m1/s1. The largest absolute Gasteiger partial charge is 0.493 e. The van der Waals surface area contributed by atoms with E-state index in [1.165, 1.54) is 24.6 Å². The molecule has 0 aliphatic carbocycles. The minimum Gasteiger partial charge on any atom is -0.493 e. The monoisotopic (exact) mass is 446 g/mol. The van der Waals surface area contributed by atoms with E-state index in [0.717, 1.165) is 0 Å². The van der Waals surface area contributed by atoms with Crippen LogP contribution in [-0.4, -0.2) is 56.3 Å². The van der Waals surface area contributed by atoms with Crippen LogP contribution in [0.1, 0.15) is 12.8 Å². The molecule has 164 valence electrons. The van der Waals surface area contributed by atoms with Crippen LogP contribution in [0.3, 0.4) is 0 Å². The maximum Gasteiger partial charge on any atom is 0.245 e. The molecule has 10 nitrogen and oxygen atoms in total. The first-order valence-electron chi connectivity index (χ1n) is 9.68. The highest BCUT2D eigenvalue weighted by atomic mass is 32.2. The first-order chi connectivity index (χ1) is 14.9. The summed E-state index contributed by atoms with van der Waals surface area (Å²) < 4.78 is 42.9. The van der Waals surface area contributed by atoms with E-state index in [1.54, 1.807) is 30.3 Å². The molecule has 2 heterocycles. The van der Waals surface area contributed by atoms with Crippen LogP contribution in [0.5, 0.6) is 11.5 Å². The fourth-order valence-electron chi connectivity index (χ4n) is 3.66. The SMILES string of the molecule is COc1ccc(NC(=O)[C@@H]2CCCN(S(=O)(=O)c3cccc4nonc34)C2)cc1OC. The predicted molar refractivity (Wildman–Crippen MR) is 111 cm³/mol. The van der Waals surface area contributed by atoms with Crippen molar-refractivity contribution in [1.82, 2.24) is 14.6 Å². The number of anilines is 1. The summed E-state index contributed by atoms with van der Waals surface area (Å²) in [6.07, 6.45) is 1.15. The number of amides is 1. The summed E-state index contributed by atoms with van der Waals surface area (Å²) in [5, 5.41) is 10.3.